The number of aliphatic hydroxyl groups is 1. The Labute approximate surface area is 90.3 Å². The third-order valence-electron chi connectivity index (χ3n) is 3.02. The topological polar surface area (TPSA) is 57.5 Å². The Kier molecular flexibility index (Phi) is 2.42. The van der Waals surface area contributed by atoms with E-state index in [1.165, 1.54) is 6.07 Å². The zero-order chi connectivity index (χ0) is 11.9. The van der Waals surface area contributed by atoms with Gasteiger partial charge in [0.1, 0.15) is 17.0 Å². The summed E-state index contributed by atoms with van der Waals surface area (Å²) in [6, 6.07) is 3.22. The highest BCUT2D eigenvalue weighted by atomic mass is 19.1. The van der Waals surface area contributed by atoms with E-state index in [0.29, 0.717) is 0 Å². The molecule has 1 fully saturated rings. The largest absolute Gasteiger partial charge is 0.481 e. The molecule has 0 unspecified atom stereocenters. The summed E-state index contributed by atoms with van der Waals surface area (Å²) in [7, 11) is 0. The van der Waals surface area contributed by atoms with E-state index in [1.807, 2.05) is 0 Å². The number of halogens is 2. The average Bonchev–Trinajstić information content (AvgIpc) is 2.13. The normalized spacial score (nSPS) is 28.6. The molecule has 0 atom stereocenters. The van der Waals surface area contributed by atoms with Gasteiger partial charge >= 0.3 is 5.97 Å². The van der Waals surface area contributed by atoms with Crippen molar-refractivity contribution in [1.29, 1.82) is 0 Å². The molecular weight excluding hydrogens is 218 g/mol. The predicted octanol–water partition coefficient (Wildman–Crippen LogP) is 1.44. The maximum absolute atomic E-state index is 13.5. The number of aliphatic carboxylic acids is 1. The second-order valence-corrected chi connectivity index (χ2v) is 4.05. The number of carboxylic acids is 1. The van der Waals surface area contributed by atoms with Gasteiger partial charge in [-0.25, -0.2) is 8.78 Å². The molecule has 1 aromatic carbocycles. The molecule has 2 N–H and O–H groups in total. The van der Waals surface area contributed by atoms with E-state index in [9.17, 15) is 13.6 Å². The number of aliphatic hydroxyl groups excluding tert-OH is 1. The van der Waals surface area contributed by atoms with Crippen molar-refractivity contribution in [3.63, 3.8) is 0 Å². The lowest BCUT2D eigenvalue weighted by atomic mass is 9.62. The minimum Gasteiger partial charge on any atom is -0.481 e. The predicted molar refractivity (Wildman–Crippen MR) is 50.9 cm³/mol. The quantitative estimate of drug-likeness (QED) is 0.805. The molecule has 0 spiro atoms. The molecule has 0 bridgehead atoms. The molecule has 1 saturated carbocycles. The summed E-state index contributed by atoms with van der Waals surface area (Å²) in [6.07, 6.45) is -1.12. The van der Waals surface area contributed by atoms with Crippen molar-refractivity contribution in [3.8, 4) is 0 Å². The van der Waals surface area contributed by atoms with Crippen LogP contribution in [0.25, 0.3) is 0 Å². The molecular formula is C11H10F2O3. The Morgan fingerprint density at radius 2 is 1.81 bits per heavy atom. The molecule has 0 heterocycles. The molecule has 3 nitrogen and oxygen atoms in total. The first-order valence-electron chi connectivity index (χ1n) is 4.83. The fraction of sp³-hybridized carbons (Fsp3) is 0.364. The molecule has 0 radical (unpaired) electrons. The van der Waals surface area contributed by atoms with Gasteiger partial charge in [-0.15, -0.1) is 0 Å². The molecule has 1 aliphatic carbocycles. The Bertz CT molecular complexity index is 419. The van der Waals surface area contributed by atoms with Crippen LogP contribution < -0.4 is 0 Å². The zero-order valence-electron chi connectivity index (χ0n) is 8.28. The van der Waals surface area contributed by atoms with Gasteiger partial charge in [-0.1, -0.05) is 6.07 Å². The highest BCUT2D eigenvalue weighted by molar-refractivity contribution is 5.83. The van der Waals surface area contributed by atoms with E-state index < -0.39 is 34.7 Å². The number of benzene rings is 1. The molecule has 1 aromatic rings. The number of rotatable bonds is 2. The summed E-state index contributed by atoms with van der Waals surface area (Å²) >= 11 is 0. The van der Waals surface area contributed by atoms with Crippen LogP contribution in [0.2, 0.25) is 0 Å². The van der Waals surface area contributed by atoms with E-state index in [2.05, 4.69) is 0 Å². The highest BCUT2D eigenvalue weighted by Gasteiger charge is 2.54. The van der Waals surface area contributed by atoms with Crippen LogP contribution in [-0.2, 0) is 10.2 Å². The van der Waals surface area contributed by atoms with E-state index >= 15 is 0 Å². The SMILES string of the molecule is O=C(O)C1(c2c(F)cccc2F)CC(O)C1. The maximum Gasteiger partial charge on any atom is 0.314 e. The minimum absolute atomic E-state index is 0.153. The summed E-state index contributed by atoms with van der Waals surface area (Å²) in [5.41, 5.74) is -2.07. The summed E-state index contributed by atoms with van der Waals surface area (Å²) in [5, 5.41) is 18.2. The van der Waals surface area contributed by atoms with Crippen molar-refractivity contribution in [3.05, 3.63) is 35.4 Å². The molecule has 0 saturated heterocycles. The van der Waals surface area contributed by atoms with Crippen LogP contribution in [0.1, 0.15) is 18.4 Å². The smallest absolute Gasteiger partial charge is 0.314 e. The number of carbonyl (C=O) groups is 1. The summed E-state index contributed by atoms with van der Waals surface area (Å²) < 4.78 is 26.9. The van der Waals surface area contributed by atoms with Gasteiger partial charge in [0.2, 0.25) is 0 Å². The molecule has 5 heteroatoms. The first-order chi connectivity index (χ1) is 7.47. The Hall–Kier alpha value is -1.49. The van der Waals surface area contributed by atoms with Gasteiger partial charge in [-0.05, 0) is 25.0 Å². The van der Waals surface area contributed by atoms with Crippen LogP contribution >= 0.6 is 0 Å². The summed E-state index contributed by atoms with van der Waals surface area (Å²) in [6.45, 7) is 0. The van der Waals surface area contributed by atoms with Crippen LogP contribution in [0.5, 0.6) is 0 Å². The first-order valence-corrected chi connectivity index (χ1v) is 4.83. The Morgan fingerprint density at radius 1 is 1.31 bits per heavy atom. The standard InChI is InChI=1S/C11H10F2O3/c12-7-2-1-3-8(13)9(7)11(10(15)16)4-6(14)5-11/h1-3,6,14H,4-5H2,(H,15,16). The molecule has 1 aliphatic rings. The molecule has 0 amide bonds. The van der Waals surface area contributed by atoms with Gasteiger partial charge < -0.3 is 10.2 Å². The van der Waals surface area contributed by atoms with Gasteiger partial charge in [0.15, 0.2) is 0 Å². The second kappa shape index (κ2) is 3.52. The van der Waals surface area contributed by atoms with Crippen LogP contribution in [0.3, 0.4) is 0 Å². The second-order valence-electron chi connectivity index (χ2n) is 4.05. The number of carboxylic acid groups (broad SMARTS) is 1. The molecule has 0 aliphatic heterocycles. The van der Waals surface area contributed by atoms with Crippen molar-refractivity contribution >= 4 is 5.97 Å². The van der Waals surface area contributed by atoms with E-state index in [0.717, 1.165) is 12.1 Å². The summed E-state index contributed by atoms with van der Waals surface area (Å²) in [5.74, 6) is -3.06. The fourth-order valence-electron chi connectivity index (χ4n) is 2.19. The Balaban J connectivity index is 2.53. The molecule has 2 rings (SSSR count). The van der Waals surface area contributed by atoms with Crippen molar-refractivity contribution in [2.24, 2.45) is 0 Å². The van der Waals surface area contributed by atoms with Crippen LogP contribution in [0.4, 0.5) is 8.78 Å². The number of hydrogen-bond donors (Lipinski definition) is 2. The lowest BCUT2D eigenvalue weighted by Gasteiger charge is -2.42. The van der Waals surface area contributed by atoms with Gasteiger partial charge in [-0.3, -0.25) is 4.79 Å². The summed E-state index contributed by atoms with van der Waals surface area (Å²) in [4.78, 5) is 11.1. The van der Waals surface area contributed by atoms with Crippen LogP contribution in [0.15, 0.2) is 18.2 Å². The van der Waals surface area contributed by atoms with Crippen LogP contribution in [-0.4, -0.2) is 22.3 Å². The third-order valence-corrected chi connectivity index (χ3v) is 3.02. The van der Waals surface area contributed by atoms with E-state index in [-0.39, 0.29) is 12.8 Å². The lowest BCUT2D eigenvalue weighted by Crippen LogP contribution is -2.51. The van der Waals surface area contributed by atoms with Gasteiger partial charge in [0.05, 0.1) is 6.10 Å². The third kappa shape index (κ3) is 1.39. The fourth-order valence-corrected chi connectivity index (χ4v) is 2.19. The molecule has 86 valence electrons. The average molecular weight is 228 g/mol. The van der Waals surface area contributed by atoms with Crippen molar-refractivity contribution in [1.82, 2.24) is 0 Å². The minimum atomic E-state index is -1.62. The van der Waals surface area contributed by atoms with Gasteiger partial charge in [0, 0.05) is 5.56 Å². The molecule has 16 heavy (non-hydrogen) atoms. The highest BCUT2D eigenvalue weighted by Crippen LogP contribution is 2.46. The monoisotopic (exact) mass is 228 g/mol. The van der Waals surface area contributed by atoms with Crippen molar-refractivity contribution < 1.29 is 23.8 Å². The van der Waals surface area contributed by atoms with Gasteiger partial charge in [0.25, 0.3) is 0 Å². The van der Waals surface area contributed by atoms with E-state index in [4.69, 9.17) is 10.2 Å². The lowest BCUT2D eigenvalue weighted by molar-refractivity contribution is -0.153. The van der Waals surface area contributed by atoms with Crippen LogP contribution in [0, 0.1) is 11.6 Å². The molecule has 0 aromatic heterocycles. The maximum atomic E-state index is 13.5. The Morgan fingerprint density at radius 3 is 2.19 bits per heavy atom. The first kappa shape index (κ1) is 11.0. The number of hydrogen-bond acceptors (Lipinski definition) is 2. The van der Waals surface area contributed by atoms with Crippen molar-refractivity contribution in [2.75, 3.05) is 0 Å². The van der Waals surface area contributed by atoms with Gasteiger partial charge in [-0.2, -0.15) is 0 Å². The van der Waals surface area contributed by atoms with E-state index in [1.54, 1.807) is 0 Å². The van der Waals surface area contributed by atoms with Crippen molar-refractivity contribution in [2.45, 2.75) is 24.4 Å². The zero-order valence-corrected chi connectivity index (χ0v) is 8.28.